The van der Waals surface area contributed by atoms with E-state index >= 15 is 0 Å². The zero-order chi connectivity index (χ0) is 13.9. The Kier molecular flexibility index (Phi) is 4.16. The van der Waals surface area contributed by atoms with E-state index in [1.165, 1.54) is 20.0 Å². The van der Waals surface area contributed by atoms with E-state index in [1.807, 2.05) is 0 Å². The van der Waals surface area contributed by atoms with Crippen molar-refractivity contribution in [2.24, 2.45) is 7.05 Å². The molecule has 1 heterocycles. The molecule has 0 spiro atoms. The van der Waals surface area contributed by atoms with Crippen molar-refractivity contribution in [3.05, 3.63) is 28.2 Å². The van der Waals surface area contributed by atoms with E-state index in [2.05, 4.69) is 10.4 Å². The van der Waals surface area contributed by atoms with Gasteiger partial charge in [0, 0.05) is 13.1 Å². The molecule has 0 aromatic carbocycles. The fourth-order valence-electron chi connectivity index (χ4n) is 1.23. The Morgan fingerprint density at radius 2 is 2.06 bits per heavy atom. The molecule has 1 aromatic rings. The molecule has 0 fully saturated rings. The summed E-state index contributed by atoms with van der Waals surface area (Å²) >= 11 is 0. The molecule has 1 amide bonds. The second-order valence-electron chi connectivity index (χ2n) is 3.71. The number of aliphatic hydroxyl groups excluding tert-OH is 1. The minimum absolute atomic E-state index is 0.107. The average molecular weight is 255 g/mol. The summed E-state index contributed by atoms with van der Waals surface area (Å²) in [5.74, 6) is -2.14. The summed E-state index contributed by atoms with van der Waals surface area (Å²) in [6, 6.07) is 0.884. The summed E-state index contributed by atoms with van der Waals surface area (Å²) in [5.41, 5.74) is -0.499. The van der Waals surface area contributed by atoms with Crippen LogP contribution >= 0.6 is 0 Å². The molecule has 0 saturated heterocycles. The van der Waals surface area contributed by atoms with Crippen LogP contribution < -0.4 is 10.9 Å². The zero-order valence-electron chi connectivity index (χ0n) is 9.82. The first kappa shape index (κ1) is 13.8. The van der Waals surface area contributed by atoms with Gasteiger partial charge in [-0.3, -0.25) is 9.59 Å². The van der Waals surface area contributed by atoms with Gasteiger partial charge in [0.05, 0.1) is 6.10 Å². The van der Waals surface area contributed by atoms with Crippen LogP contribution in [0.2, 0.25) is 0 Å². The normalized spacial score (nSPS) is 13.7. The first-order chi connectivity index (χ1) is 8.32. The highest BCUT2D eigenvalue weighted by atomic mass is 16.4. The molecule has 0 unspecified atom stereocenters. The molecule has 98 valence electrons. The molecule has 2 atom stereocenters. The van der Waals surface area contributed by atoms with Crippen LogP contribution in [0.4, 0.5) is 0 Å². The van der Waals surface area contributed by atoms with Crippen LogP contribution in [0.5, 0.6) is 0 Å². The van der Waals surface area contributed by atoms with Crippen LogP contribution in [0.1, 0.15) is 17.4 Å². The van der Waals surface area contributed by atoms with Crippen molar-refractivity contribution in [3.63, 3.8) is 0 Å². The molecule has 18 heavy (non-hydrogen) atoms. The smallest absolute Gasteiger partial charge is 0.328 e. The van der Waals surface area contributed by atoms with Crippen molar-refractivity contribution in [2.75, 3.05) is 0 Å². The van der Waals surface area contributed by atoms with E-state index in [1.54, 1.807) is 0 Å². The number of aromatic nitrogens is 2. The monoisotopic (exact) mass is 255 g/mol. The first-order valence-corrected chi connectivity index (χ1v) is 5.09. The number of aryl methyl sites for hydroxylation is 1. The molecule has 1 rings (SSSR count). The van der Waals surface area contributed by atoms with Crippen molar-refractivity contribution < 1.29 is 19.8 Å². The predicted octanol–water partition coefficient (Wildman–Crippen LogP) is -1.66. The maximum absolute atomic E-state index is 11.7. The molecular weight excluding hydrogens is 242 g/mol. The molecule has 0 aliphatic heterocycles. The Morgan fingerprint density at radius 3 is 2.50 bits per heavy atom. The Morgan fingerprint density at radius 1 is 1.44 bits per heavy atom. The SMILES string of the molecule is C[C@@H](O)[C@H](NC(=O)c1ccc(=O)n(C)n1)C(=O)O. The van der Waals surface area contributed by atoms with Crippen molar-refractivity contribution in [3.8, 4) is 0 Å². The quantitative estimate of drug-likeness (QED) is 0.592. The first-order valence-electron chi connectivity index (χ1n) is 5.09. The van der Waals surface area contributed by atoms with Crippen LogP contribution in [0.3, 0.4) is 0 Å². The third-order valence-corrected chi connectivity index (χ3v) is 2.23. The molecule has 8 nitrogen and oxygen atoms in total. The van der Waals surface area contributed by atoms with Crippen LogP contribution in [-0.2, 0) is 11.8 Å². The van der Waals surface area contributed by atoms with Crippen molar-refractivity contribution in [1.82, 2.24) is 15.1 Å². The summed E-state index contributed by atoms with van der Waals surface area (Å²) < 4.78 is 0.951. The van der Waals surface area contributed by atoms with Gasteiger partial charge in [-0.05, 0) is 13.0 Å². The van der Waals surface area contributed by atoms with Gasteiger partial charge in [0.25, 0.3) is 11.5 Å². The second kappa shape index (κ2) is 5.41. The zero-order valence-corrected chi connectivity index (χ0v) is 9.82. The van der Waals surface area contributed by atoms with Crippen molar-refractivity contribution in [2.45, 2.75) is 19.1 Å². The lowest BCUT2D eigenvalue weighted by Crippen LogP contribution is -2.48. The molecule has 0 aliphatic carbocycles. The highest BCUT2D eigenvalue weighted by Gasteiger charge is 2.26. The van der Waals surface area contributed by atoms with Crippen molar-refractivity contribution >= 4 is 11.9 Å². The number of amides is 1. The molecule has 0 aliphatic rings. The van der Waals surface area contributed by atoms with Gasteiger partial charge in [-0.2, -0.15) is 5.10 Å². The summed E-state index contributed by atoms with van der Waals surface area (Å²) in [4.78, 5) is 33.5. The highest BCUT2D eigenvalue weighted by molar-refractivity contribution is 5.94. The fraction of sp³-hybridized carbons (Fsp3) is 0.400. The number of carboxylic acids is 1. The topological polar surface area (TPSA) is 122 Å². The Bertz CT molecular complexity index is 522. The molecule has 8 heteroatoms. The number of hydrogen-bond donors (Lipinski definition) is 3. The van der Waals surface area contributed by atoms with Gasteiger partial charge < -0.3 is 15.5 Å². The number of aliphatic hydroxyl groups is 1. The standard InChI is InChI=1S/C10H13N3O5/c1-5(14)8(10(17)18)11-9(16)6-3-4-7(15)13(2)12-6/h3-5,8,14H,1-2H3,(H,11,16)(H,17,18)/t5-,8+/m1/s1. The second-order valence-corrected chi connectivity index (χ2v) is 3.71. The van der Waals surface area contributed by atoms with Crippen LogP contribution in [0.25, 0.3) is 0 Å². The Hall–Kier alpha value is -2.22. The molecule has 0 bridgehead atoms. The molecule has 1 aromatic heterocycles. The van der Waals surface area contributed by atoms with Gasteiger partial charge in [-0.25, -0.2) is 9.48 Å². The number of hydrogen-bond acceptors (Lipinski definition) is 5. The summed E-state index contributed by atoms with van der Waals surface area (Å²) in [6.45, 7) is 1.24. The van der Waals surface area contributed by atoms with Gasteiger partial charge in [0.1, 0.15) is 5.69 Å². The van der Waals surface area contributed by atoms with Crippen LogP contribution in [0, 0.1) is 0 Å². The average Bonchev–Trinajstić information content (AvgIpc) is 2.28. The maximum Gasteiger partial charge on any atom is 0.328 e. The van der Waals surface area contributed by atoms with Crippen LogP contribution in [0.15, 0.2) is 16.9 Å². The number of aliphatic carboxylic acids is 1. The Balaban J connectivity index is 2.90. The fourth-order valence-corrected chi connectivity index (χ4v) is 1.23. The lowest BCUT2D eigenvalue weighted by molar-refractivity contribution is -0.141. The van der Waals surface area contributed by atoms with E-state index in [9.17, 15) is 19.5 Å². The predicted molar refractivity (Wildman–Crippen MR) is 60.0 cm³/mol. The molecular formula is C10H13N3O5. The number of carbonyl (C=O) groups excluding carboxylic acids is 1. The number of carboxylic acid groups (broad SMARTS) is 1. The minimum Gasteiger partial charge on any atom is -0.480 e. The maximum atomic E-state index is 11.7. The lowest BCUT2D eigenvalue weighted by atomic mass is 10.2. The minimum atomic E-state index is -1.43. The van der Waals surface area contributed by atoms with E-state index < -0.39 is 29.6 Å². The summed E-state index contributed by atoms with van der Waals surface area (Å²) in [5, 5.41) is 23.8. The number of nitrogens with one attached hydrogen (secondary N) is 1. The van der Waals surface area contributed by atoms with E-state index in [0.29, 0.717) is 0 Å². The number of rotatable bonds is 4. The molecule has 0 saturated carbocycles. The number of carbonyl (C=O) groups is 2. The van der Waals surface area contributed by atoms with E-state index in [4.69, 9.17) is 5.11 Å². The van der Waals surface area contributed by atoms with E-state index in [0.717, 1.165) is 10.7 Å². The molecule has 0 radical (unpaired) electrons. The third kappa shape index (κ3) is 3.14. The van der Waals surface area contributed by atoms with E-state index in [-0.39, 0.29) is 5.69 Å². The molecule has 3 N–H and O–H groups in total. The number of nitrogens with zero attached hydrogens (tertiary/aromatic N) is 2. The van der Waals surface area contributed by atoms with Gasteiger partial charge >= 0.3 is 5.97 Å². The summed E-state index contributed by atoms with van der Waals surface area (Å²) in [7, 11) is 1.36. The van der Waals surface area contributed by atoms with Gasteiger partial charge in [0.15, 0.2) is 6.04 Å². The largest absolute Gasteiger partial charge is 0.480 e. The highest BCUT2D eigenvalue weighted by Crippen LogP contribution is 1.97. The Labute approximate surface area is 102 Å². The third-order valence-electron chi connectivity index (χ3n) is 2.23. The van der Waals surface area contributed by atoms with Gasteiger partial charge in [0.2, 0.25) is 0 Å². The van der Waals surface area contributed by atoms with Crippen LogP contribution in [-0.4, -0.2) is 44.0 Å². The van der Waals surface area contributed by atoms with Crippen molar-refractivity contribution in [1.29, 1.82) is 0 Å². The van der Waals surface area contributed by atoms with Gasteiger partial charge in [-0.15, -0.1) is 0 Å². The van der Waals surface area contributed by atoms with Gasteiger partial charge in [-0.1, -0.05) is 0 Å². The lowest BCUT2D eigenvalue weighted by Gasteiger charge is -2.16. The summed E-state index contributed by atoms with van der Waals surface area (Å²) in [6.07, 6.45) is -1.25.